The van der Waals surface area contributed by atoms with Crippen molar-refractivity contribution >= 4 is 70.0 Å². The maximum Gasteiger partial charge on any atom is 2.00 e. The maximum absolute atomic E-state index is 13.4. The second kappa shape index (κ2) is 29.6. The van der Waals surface area contributed by atoms with Crippen LogP contribution >= 0.6 is 0 Å². The predicted molar refractivity (Wildman–Crippen MR) is 341 cm³/mol. The van der Waals surface area contributed by atoms with E-state index in [1.165, 1.54) is 0 Å². The summed E-state index contributed by atoms with van der Waals surface area (Å²) in [4.78, 5) is 62.4. The molecular formula is C68H76N12O4Zn. The molecule has 7 aromatic rings. The van der Waals surface area contributed by atoms with Gasteiger partial charge in [-0.25, -0.2) is 9.97 Å². The van der Waals surface area contributed by atoms with Crippen molar-refractivity contribution in [3.05, 3.63) is 166 Å². The molecule has 9 rings (SSSR count). The van der Waals surface area contributed by atoms with Crippen molar-refractivity contribution in [2.45, 2.75) is 25.7 Å². The summed E-state index contributed by atoms with van der Waals surface area (Å²) in [6.07, 6.45) is 11.2. The SMILES string of the molecule is CN(C)CCCN=C([O-])c1ccc(-c2c3nc(c(-c4ccc(C(=O)NCCCN(C)C)cc4)c4ccc([nH]4)c(-c4ccc(C(=O)NCCCN(C)C)cc4)c4ccc([nH]4)c(-c4ccc(C([O-])=NCCCN(C)C)cc4)c4nc2C=C4)C=C3)cc1.[Zn+2]. The summed E-state index contributed by atoms with van der Waals surface area (Å²) in [6, 6.07) is 38.5. The van der Waals surface area contributed by atoms with Gasteiger partial charge in [0.15, 0.2) is 0 Å². The number of benzene rings is 4. The third-order valence-electron chi connectivity index (χ3n) is 14.6. The maximum atomic E-state index is 13.4. The molecule has 0 fully saturated rings. The van der Waals surface area contributed by atoms with E-state index in [-0.39, 0.29) is 43.1 Å². The van der Waals surface area contributed by atoms with Crippen LogP contribution in [0, 0.1) is 0 Å². The van der Waals surface area contributed by atoms with E-state index in [0.717, 1.165) is 118 Å². The summed E-state index contributed by atoms with van der Waals surface area (Å²) in [7, 11) is 16.1. The van der Waals surface area contributed by atoms with Crippen LogP contribution < -0.4 is 20.8 Å². The van der Waals surface area contributed by atoms with Gasteiger partial charge >= 0.3 is 19.5 Å². The van der Waals surface area contributed by atoms with Crippen LogP contribution in [0.4, 0.5) is 0 Å². The number of fused-ring (bicyclic) bond motifs is 8. The van der Waals surface area contributed by atoms with Gasteiger partial charge in [-0.1, -0.05) is 72.8 Å². The van der Waals surface area contributed by atoms with Crippen LogP contribution in [0.5, 0.6) is 0 Å². The van der Waals surface area contributed by atoms with E-state index in [4.69, 9.17) is 9.97 Å². The van der Waals surface area contributed by atoms with Crippen LogP contribution in [-0.4, -0.2) is 172 Å². The number of aromatic nitrogens is 4. The van der Waals surface area contributed by atoms with Crippen LogP contribution in [0.3, 0.4) is 0 Å². The van der Waals surface area contributed by atoms with Gasteiger partial charge in [-0.15, -0.1) is 0 Å². The normalized spacial score (nSPS) is 12.4. The van der Waals surface area contributed by atoms with Gasteiger partial charge in [0.2, 0.25) is 0 Å². The van der Waals surface area contributed by atoms with Crippen molar-refractivity contribution in [2.75, 3.05) is 109 Å². The molecule has 8 bridgehead atoms. The number of rotatable bonds is 24. The van der Waals surface area contributed by atoms with Crippen molar-refractivity contribution in [2.24, 2.45) is 9.98 Å². The molecule has 17 heteroatoms. The number of carbonyl (C=O) groups excluding carboxylic acids is 2. The van der Waals surface area contributed by atoms with E-state index in [0.29, 0.717) is 71.2 Å². The van der Waals surface area contributed by atoms with E-state index in [1.54, 1.807) is 0 Å². The first-order valence-electron chi connectivity index (χ1n) is 28.8. The Morgan fingerprint density at radius 3 is 1.02 bits per heavy atom. The molecular weight excluding hydrogens is 1110 g/mol. The molecule has 5 heterocycles. The van der Waals surface area contributed by atoms with E-state index in [1.807, 2.05) is 190 Å². The van der Waals surface area contributed by atoms with Gasteiger partial charge in [-0.2, -0.15) is 0 Å². The van der Waals surface area contributed by atoms with Crippen LogP contribution in [0.25, 0.3) is 90.9 Å². The Morgan fingerprint density at radius 2 is 0.682 bits per heavy atom. The summed E-state index contributed by atoms with van der Waals surface area (Å²) < 4.78 is 0. The average Bonchev–Trinajstić information content (AvgIpc) is 4.49. The van der Waals surface area contributed by atoms with E-state index < -0.39 is 0 Å². The van der Waals surface area contributed by atoms with Gasteiger partial charge in [0, 0.05) is 81.6 Å². The number of amides is 2. The quantitative estimate of drug-likeness (QED) is 0.0196. The number of carbonyl (C=O) groups is 2. The molecule has 2 aliphatic rings. The molecule has 16 nitrogen and oxygen atoms in total. The van der Waals surface area contributed by atoms with Crippen molar-refractivity contribution in [3.8, 4) is 44.5 Å². The number of nitrogens with one attached hydrogen (secondary N) is 4. The topological polar surface area (TPSA) is 199 Å². The first-order valence-corrected chi connectivity index (χ1v) is 28.8. The van der Waals surface area contributed by atoms with Gasteiger partial charge in [-0.05, 0) is 226 Å². The molecule has 3 aromatic heterocycles. The van der Waals surface area contributed by atoms with Crippen molar-refractivity contribution in [1.82, 2.24) is 50.2 Å². The largest absolute Gasteiger partial charge is 2.00 e. The van der Waals surface area contributed by atoms with Crippen molar-refractivity contribution < 1.29 is 39.3 Å². The zero-order chi connectivity index (χ0) is 59.3. The van der Waals surface area contributed by atoms with Crippen LogP contribution in [0.15, 0.2) is 131 Å². The number of aliphatic imine (C=N–C) groups is 2. The molecule has 4 aromatic carbocycles. The van der Waals surface area contributed by atoms with E-state index in [2.05, 4.69) is 62.3 Å². The summed E-state index contributed by atoms with van der Waals surface area (Å²) in [5.41, 5.74) is 14.4. The minimum absolute atomic E-state index is 0. The Hall–Kier alpha value is -8.18. The fourth-order valence-electron chi connectivity index (χ4n) is 10.3. The molecule has 0 atom stereocenters. The molecule has 0 aliphatic carbocycles. The first-order chi connectivity index (χ1) is 40.6. The van der Waals surface area contributed by atoms with Crippen LogP contribution in [0.2, 0.25) is 0 Å². The first kappa shape index (κ1) is 62.9. The van der Waals surface area contributed by atoms with Crippen LogP contribution in [-0.2, 0) is 19.5 Å². The number of aromatic amines is 2. The zero-order valence-electron chi connectivity index (χ0n) is 50.3. The third-order valence-corrected chi connectivity index (χ3v) is 14.6. The molecule has 0 radical (unpaired) electrons. The molecule has 434 valence electrons. The Kier molecular flexibility index (Phi) is 21.9. The second-order valence-corrected chi connectivity index (χ2v) is 22.3. The number of hydrogen-bond donors (Lipinski definition) is 4. The minimum Gasteiger partial charge on any atom is -0.858 e. The molecule has 0 saturated heterocycles. The molecule has 4 N–H and O–H groups in total. The fraction of sp³-hybridized carbons (Fsp3) is 0.294. The number of nitrogens with zero attached hydrogens (tertiary/aromatic N) is 8. The predicted octanol–water partition coefficient (Wildman–Crippen LogP) is 8.80. The summed E-state index contributed by atoms with van der Waals surface area (Å²) >= 11 is 0. The molecule has 0 saturated carbocycles. The fourth-order valence-corrected chi connectivity index (χ4v) is 10.3. The van der Waals surface area contributed by atoms with Crippen LogP contribution in [0.1, 0.15) is 80.3 Å². The van der Waals surface area contributed by atoms with Gasteiger partial charge < -0.3 is 60.4 Å². The molecule has 2 amide bonds. The number of H-pyrrole nitrogens is 2. The second-order valence-electron chi connectivity index (χ2n) is 22.3. The van der Waals surface area contributed by atoms with Crippen molar-refractivity contribution in [1.29, 1.82) is 0 Å². The molecule has 0 unspecified atom stereocenters. The van der Waals surface area contributed by atoms with Gasteiger partial charge in [0.1, 0.15) is 0 Å². The Bertz CT molecular complexity index is 3750. The Morgan fingerprint density at radius 1 is 0.400 bits per heavy atom. The minimum atomic E-state index is -0.273. The van der Waals surface area contributed by atoms with Gasteiger partial charge in [0.05, 0.1) is 22.8 Å². The molecule has 2 aliphatic heterocycles. The molecule has 0 spiro atoms. The van der Waals surface area contributed by atoms with Crippen molar-refractivity contribution in [3.63, 3.8) is 0 Å². The monoisotopic (exact) mass is 1190 g/mol. The molecule has 85 heavy (non-hydrogen) atoms. The third kappa shape index (κ3) is 16.2. The average molecular weight is 1190 g/mol. The zero-order valence-corrected chi connectivity index (χ0v) is 53.2. The Labute approximate surface area is 512 Å². The van der Waals surface area contributed by atoms with Gasteiger partial charge in [-0.3, -0.25) is 9.59 Å². The standard InChI is InChI=1S/C68H78N12O4.Zn/c1-77(2)41-9-37-69-65(81)49-21-13-45(14-22-49)61-53-29-31-55(73-53)62(46-15-23-50(24-16-46)66(82)70-38-10-42-78(3)4)57-33-35-59(75-57)64(48-19-27-52(28-20-48)68(84)72-40-12-44-80(7)8)60-36-34-58(76-60)63(56-32-30-54(61)74-56)47-17-25-51(26-18-47)67(83)71-39-11-43-79(5)6;/h13-36,73-74H,9-12,37-44H2,1-8H3,(H,69,81)(H,70,82)(H,71,83)(H,72,84);/q;+2/p-2. The summed E-state index contributed by atoms with van der Waals surface area (Å²) in [5.74, 6) is -0.828. The number of hydrogen-bond acceptors (Lipinski definition) is 12. The van der Waals surface area contributed by atoms with E-state index in [9.17, 15) is 19.8 Å². The van der Waals surface area contributed by atoms with E-state index >= 15 is 0 Å². The summed E-state index contributed by atoms with van der Waals surface area (Å²) in [5, 5.41) is 32.9. The van der Waals surface area contributed by atoms with Gasteiger partial charge in [0.25, 0.3) is 11.8 Å². The Balaban J connectivity index is 0.00000940. The smallest absolute Gasteiger partial charge is 0.858 e. The summed E-state index contributed by atoms with van der Waals surface area (Å²) in [6.45, 7) is 5.38.